The standard InChI is InChI=1S/C7H5ClN2O4/c8-4-2-1-3(7(11)12)5(9)6(4)10(13)14/h1-2H,9H2,(H,11,12). The molecule has 0 amide bonds. The second-order valence-corrected chi connectivity index (χ2v) is 2.83. The highest BCUT2D eigenvalue weighted by atomic mass is 35.5. The van der Waals surface area contributed by atoms with Gasteiger partial charge in [-0.2, -0.15) is 0 Å². The first-order valence-corrected chi connectivity index (χ1v) is 3.78. The van der Waals surface area contributed by atoms with Crippen LogP contribution in [0.4, 0.5) is 11.4 Å². The zero-order chi connectivity index (χ0) is 10.9. The highest BCUT2D eigenvalue weighted by molar-refractivity contribution is 6.33. The van der Waals surface area contributed by atoms with Crippen LogP contribution < -0.4 is 5.73 Å². The minimum absolute atomic E-state index is 0.183. The number of halogens is 1. The quantitative estimate of drug-likeness (QED) is 0.443. The number of nitrogens with zero attached hydrogens (tertiary/aromatic N) is 1. The molecule has 74 valence electrons. The minimum atomic E-state index is -1.33. The molecule has 0 atom stereocenters. The summed E-state index contributed by atoms with van der Waals surface area (Å²) in [7, 11) is 0. The van der Waals surface area contributed by atoms with Gasteiger partial charge in [0.15, 0.2) is 0 Å². The summed E-state index contributed by atoms with van der Waals surface area (Å²) in [6.45, 7) is 0. The largest absolute Gasteiger partial charge is 0.478 e. The normalized spacial score (nSPS) is 9.79. The first kappa shape index (κ1) is 10.3. The van der Waals surface area contributed by atoms with Crippen LogP contribution in [0.15, 0.2) is 12.1 Å². The van der Waals surface area contributed by atoms with Crippen molar-refractivity contribution >= 4 is 28.9 Å². The van der Waals surface area contributed by atoms with Crippen molar-refractivity contribution in [3.63, 3.8) is 0 Å². The van der Waals surface area contributed by atoms with Gasteiger partial charge in [-0.05, 0) is 12.1 Å². The Kier molecular flexibility index (Phi) is 2.57. The number of carboxylic acids is 1. The third kappa shape index (κ3) is 1.60. The Hall–Kier alpha value is -1.82. The van der Waals surface area contributed by atoms with Gasteiger partial charge in [0.05, 0.1) is 10.5 Å². The monoisotopic (exact) mass is 216 g/mol. The van der Waals surface area contributed by atoms with E-state index in [0.717, 1.165) is 12.1 Å². The van der Waals surface area contributed by atoms with Crippen molar-refractivity contribution in [3.8, 4) is 0 Å². The number of carbonyl (C=O) groups is 1. The van der Waals surface area contributed by atoms with Gasteiger partial charge >= 0.3 is 11.7 Å². The van der Waals surface area contributed by atoms with Crippen LogP contribution in [0.25, 0.3) is 0 Å². The number of hydrogen-bond acceptors (Lipinski definition) is 4. The molecule has 7 heteroatoms. The highest BCUT2D eigenvalue weighted by Gasteiger charge is 2.22. The highest BCUT2D eigenvalue weighted by Crippen LogP contribution is 2.32. The molecule has 6 nitrogen and oxygen atoms in total. The third-order valence-electron chi connectivity index (χ3n) is 1.58. The Bertz CT molecular complexity index is 418. The molecule has 0 saturated heterocycles. The molecule has 0 fully saturated rings. The molecule has 0 spiro atoms. The molecule has 0 heterocycles. The van der Waals surface area contributed by atoms with Crippen molar-refractivity contribution in [2.24, 2.45) is 0 Å². The Morgan fingerprint density at radius 3 is 2.57 bits per heavy atom. The summed E-state index contributed by atoms with van der Waals surface area (Å²) < 4.78 is 0. The molecule has 1 aromatic rings. The van der Waals surface area contributed by atoms with Gasteiger partial charge in [0.2, 0.25) is 0 Å². The molecule has 0 aromatic heterocycles. The van der Waals surface area contributed by atoms with Gasteiger partial charge in [-0.15, -0.1) is 0 Å². The van der Waals surface area contributed by atoms with Gasteiger partial charge in [0.1, 0.15) is 10.7 Å². The average molecular weight is 217 g/mol. The van der Waals surface area contributed by atoms with Crippen molar-refractivity contribution in [2.45, 2.75) is 0 Å². The van der Waals surface area contributed by atoms with Crippen molar-refractivity contribution < 1.29 is 14.8 Å². The summed E-state index contributed by atoms with van der Waals surface area (Å²) >= 11 is 5.49. The fourth-order valence-electron chi connectivity index (χ4n) is 0.953. The summed E-state index contributed by atoms with van der Waals surface area (Å²) in [4.78, 5) is 20.2. The SMILES string of the molecule is Nc1c(C(=O)O)ccc(Cl)c1[N+](=O)[O-]. The maximum absolute atomic E-state index is 10.6. The molecule has 14 heavy (non-hydrogen) atoms. The number of carboxylic acid groups (broad SMARTS) is 1. The number of benzene rings is 1. The topological polar surface area (TPSA) is 106 Å². The lowest BCUT2D eigenvalue weighted by molar-refractivity contribution is -0.383. The van der Waals surface area contributed by atoms with E-state index in [1.54, 1.807) is 0 Å². The predicted octanol–water partition coefficient (Wildman–Crippen LogP) is 1.53. The van der Waals surface area contributed by atoms with Crippen LogP contribution in [0, 0.1) is 10.1 Å². The third-order valence-corrected chi connectivity index (χ3v) is 1.89. The average Bonchev–Trinajstić information content (AvgIpc) is 2.02. The minimum Gasteiger partial charge on any atom is -0.478 e. The van der Waals surface area contributed by atoms with E-state index in [2.05, 4.69) is 0 Å². The van der Waals surface area contributed by atoms with E-state index in [9.17, 15) is 14.9 Å². The van der Waals surface area contributed by atoms with Crippen molar-refractivity contribution in [1.82, 2.24) is 0 Å². The van der Waals surface area contributed by atoms with Crippen LogP contribution in [0.1, 0.15) is 10.4 Å². The summed E-state index contributed by atoms with van der Waals surface area (Å²) in [5.41, 5.74) is 3.93. The van der Waals surface area contributed by atoms with Crippen molar-refractivity contribution in [3.05, 3.63) is 32.8 Å². The lowest BCUT2D eigenvalue weighted by Gasteiger charge is -2.02. The van der Waals surface area contributed by atoms with Crippen LogP contribution in [0.3, 0.4) is 0 Å². The molecule has 0 aliphatic carbocycles. The molecule has 0 unspecified atom stereocenters. The van der Waals surface area contributed by atoms with E-state index < -0.39 is 22.3 Å². The van der Waals surface area contributed by atoms with Gasteiger partial charge < -0.3 is 10.8 Å². The van der Waals surface area contributed by atoms with Crippen molar-refractivity contribution in [2.75, 3.05) is 5.73 Å². The van der Waals surface area contributed by atoms with Crippen LogP contribution in [-0.2, 0) is 0 Å². The summed E-state index contributed by atoms with van der Waals surface area (Å²) in [6.07, 6.45) is 0. The molecule has 0 aliphatic heterocycles. The molecular formula is C7H5ClN2O4. The summed E-state index contributed by atoms with van der Waals surface area (Å²) in [5, 5.41) is 18.9. The lowest BCUT2D eigenvalue weighted by Crippen LogP contribution is -2.05. The van der Waals surface area contributed by atoms with E-state index >= 15 is 0 Å². The molecule has 0 radical (unpaired) electrons. The second-order valence-electron chi connectivity index (χ2n) is 2.42. The Morgan fingerprint density at radius 1 is 1.57 bits per heavy atom. The van der Waals surface area contributed by atoms with E-state index in [4.69, 9.17) is 22.4 Å². The van der Waals surface area contributed by atoms with Crippen LogP contribution in [0.5, 0.6) is 0 Å². The maximum Gasteiger partial charge on any atom is 0.338 e. The fourth-order valence-corrected chi connectivity index (χ4v) is 1.19. The van der Waals surface area contributed by atoms with Gasteiger partial charge in [-0.25, -0.2) is 4.79 Å². The van der Waals surface area contributed by atoms with Gasteiger partial charge in [0, 0.05) is 0 Å². The first-order valence-electron chi connectivity index (χ1n) is 3.40. The smallest absolute Gasteiger partial charge is 0.338 e. The number of nitro groups is 1. The molecule has 3 N–H and O–H groups in total. The van der Waals surface area contributed by atoms with Gasteiger partial charge in [-0.3, -0.25) is 10.1 Å². The van der Waals surface area contributed by atoms with Crippen LogP contribution in [0.2, 0.25) is 5.02 Å². The van der Waals surface area contributed by atoms with E-state index in [0.29, 0.717) is 0 Å². The van der Waals surface area contributed by atoms with E-state index in [1.807, 2.05) is 0 Å². The Balaban J connectivity index is 3.49. The number of aromatic carboxylic acids is 1. The summed E-state index contributed by atoms with van der Waals surface area (Å²) in [6, 6.07) is 2.24. The molecule has 0 aliphatic rings. The first-order chi connectivity index (χ1) is 6.45. The number of nitrogens with two attached hydrogens (primary N) is 1. The number of anilines is 1. The number of rotatable bonds is 2. The predicted molar refractivity (Wildman–Crippen MR) is 49.5 cm³/mol. The van der Waals surface area contributed by atoms with Crippen LogP contribution >= 0.6 is 11.6 Å². The fraction of sp³-hybridized carbons (Fsp3) is 0. The number of nitro benzene ring substituents is 1. The zero-order valence-electron chi connectivity index (χ0n) is 6.73. The van der Waals surface area contributed by atoms with Gasteiger partial charge in [0.25, 0.3) is 0 Å². The Labute approximate surface area is 83.0 Å². The Morgan fingerprint density at radius 2 is 2.14 bits per heavy atom. The van der Waals surface area contributed by atoms with E-state index in [1.165, 1.54) is 0 Å². The molecule has 0 saturated carbocycles. The number of nitrogen functional groups attached to an aromatic ring is 1. The maximum atomic E-state index is 10.6. The lowest BCUT2D eigenvalue weighted by atomic mass is 10.1. The summed E-state index contributed by atoms with van der Waals surface area (Å²) in [5.74, 6) is -1.33. The second kappa shape index (κ2) is 3.51. The van der Waals surface area contributed by atoms with Crippen molar-refractivity contribution in [1.29, 1.82) is 0 Å². The molecule has 1 aromatic carbocycles. The molecular weight excluding hydrogens is 212 g/mol. The zero-order valence-corrected chi connectivity index (χ0v) is 7.49. The molecule has 0 bridgehead atoms. The molecule has 1 rings (SSSR count). The van der Waals surface area contributed by atoms with Crippen LogP contribution in [-0.4, -0.2) is 16.0 Å². The van der Waals surface area contributed by atoms with E-state index in [-0.39, 0.29) is 10.6 Å². The van der Waals surface area contributed by atoms with Gasteiger partial charge in [-0.1, -0.05) is 11.6 Å². The number of hydrogen-bond donors (Lipinski definition) is 2.